The van der Waals surface area contributed by atoms with E-state index in [0.717, 1.165) is 17.0 Å². The molecule has 1 aliphatic heterocycles. The van der Waals surface area contributed by atoms with Crippen LogP contribution in [0.25, 0.3) is 0 Å². The zero-order valence-electron chi connectivity index (χ0n) is 10.6. The second-order valence-electron chi connectivity index (χ2n) is 4.69. The van der Waals surface area contributed by atoms with E-state index in [0.29, 0.717) is 12.8 Å². The Morgan fingerprint density at radius 2 is 2.15 bits per heavy atom. The largest absolute Gasteiger partial charge is 0.465 e. The molecular formula is C13H13ClF3NO2. The fourth-order valence-electron chi connectivity index (χ4n) is 2.48. The molecule has 1 aromatic rings. The number of benzene rings is 1. The van der Waals surface area contributed by atoms with E-state index in [-0.39, 0.29) is 17.3 Å². The number of amides is 1. The van der Waals surface area contributed by atoms with Gasteiger partial charge in [0.1, 0.15) is 0 Å². The van der Waals surface area contributed by atoms with Crippen LogP contribution in [-0.4, -0.2) is 17.2 Å². The van der Waals surface area contributed by atoms with Gasteiger partial charge in [-0.3, -0.25) is 4.90 Å². The van der Waals surface area contributed by atoms with Gasteiger partial charge in [-0.25, -0.2) is 4.79 Å². The number of hydrogen-bond donors (Lipinski definition) is 1. The molecule has 0 spiro atoms. The molecule has 0 bridgehead atoms. The van der Waals surface area contributed by atoms with Crippen LogP contribution in [0.5, 0.6) is 0 Å². The van der Waals surface area contributed by atoms with Gasteiger partial charge in [-0.2, -0.15) is 13.2 Å². The van der Waals surface area contributed by atoms with Crippen LogP contribution in [0.4, 0.5) is 23.7 Å². The topological polar surface area (TPSA) is 40.5 Å². The smallest absolute Gasteiger partial charge is 0.416 e. The number of fused-ring (bicyclic) bond motifs is 1. The van der Waals surface area contributed by atoms with Crippen LogP contribution < -0.4 is 4.90 Å². The molecule has 0 fully saturated rings. The first-order valence-corrected chi connectivity index (χ1v) is 6.56. The molecule has 2 rings (SSSR count). The Labute approximate surface area is 118 Å². The molecule has 0 radical (unpaired) electrons. The fraction of sp³-hybridized carbons (Fsp3) is 0.462. The van der Waals surface area contributed by atoms with E-state index in [9.17, 15) is 23.1 Å². The number of carbonyl (C=O) groups is 1. The molecule has 20 heavy (non-hydrogen) atoms. The van der Waals surface area contributed by atoms with Gasteiger partial charge in [0.2, 0.25) is 0 Å². The predicted octanol–water partition coefficient (Wildman–Crippen LogP) is 4.65. The molecule has 1 amide bonds. The van der Waals surface area contributed by atoms with Gasteiger partial charge in [0, 0.05) is 6.04 Å². The van der Waals surface area contributed by atoms with Crippen molar-refractivity contribution in [3.8, 4) is 0 Å². The first kappa shape index (κ1) is 15.0. The summed E-state index contributed by atoms with van der Waals surface area (Å²) in [5.41, 5.74) is -0.362. The molecule has 1 aliphatic rings. The zero-order valence-corrected chi connectivity index (χ0v) is 11.4. The lowest BCUT2D eigenvalue weighted by atomic mass is 9.92. The lowest BCUT2D eigenvalue weighted by molar-refractivity contribution is -0.137. The summed E-state index contributed by atoms with van der Waals surface area (Å²) in [5.74, 6) is 0. The highest BCUT2D eigenvalue weighted by Gasteiger charge is 2.37. The summed E-state index contributed by atoms with van der Waals surface area (Å²) in [6.45, 7) is 1.82. The summed E-state index contributed by atoms with van der Waals surface area (Å²) < 4.78 is 38.1. The Balaban J connectivity index is 2.54. The highest BCUT2D eigenvalue weighted by atomic mass is 35.5. The zero-order chi connectivity index (χ0) is 15.1. The van der Waals surface area contributed by atoms with E-state index >= 15 is 0 Å². The minimum absolute atomic E-state index is 0.216. The van der Waals surface area contributed by atoms with Crippen LogP contribution in [0.15, 0.2) is 18.2 Å². The van der Waals surface area contributed by atoms with Gasteiger partial charge in [-0.15, -0.1) is 11.6 Å². The summed E-state index contributed by atoms with van der Waals surface area (Å²) in [4.78, 5) is 12.4. The van der Waals surface area contributed by atoms with E-state index in [1.807, 2.05) is 6.92 Å². The lowest BCUT2D eigenvalue weighted by Gasteiger charge is -2.37. The number of anilines is 1. The molecule has 0 aromatic heterocycles. The summed E-state index contributed by atoms with van der Waals surface area (Å²) in [5, 5.41) is 8.64. The highest BCUT2D eigenvalue weighted by molar-refractivity contribution is 6.21. The van der Waals surface area contributed by atoms with Crippen molar-refractivity contribution in [3.05, 3.63) is 29.3 Å². The number of hydrogen-bond acceptors (Lipinski definition) is 1. The Morgan fingerprint density at radius 1 is 1.50 bits per heavy atom. The van der Waals surface area contributed by atoms with Crippen LogP contribution in [-0.2, 0) is 6.18 Å². The highest BCUT2D eigenvalue weighted by Crippen LogP contribution is 2.44. The van der Waals surface area contributed by atoms with E-state index < -0.39 is 23.2 Å². The Morgan fingerprint density at radius 3 is 2.65 bits per heavy atom. The fourth-order valence-corrected chi connectivity index (χ4v) is 2.86. The standard InChI is InChI=1S/C13H13ClF3NO2/c1-2-8-6-10(14)9-5-7(13(15,16)17)3-4-11(9)18(8)12(19)20/h3-5,8,10H,2,6H2,1H3,(H,19,20)/t8-,10+/m0/s1. The SMILES string of the molecule is CC[C@H]1C[C@@H](Cl)c2cc(C(F)(F)F)ccc2N1C(=O)O. The second-order valence-corrected chi connectivity index (χ2v) is 5.22. The second kappa shape index (κ2) is 5.16. The summed E-state index contributed by atoms with van der Waals surface area (Å²) >= 11 is 6.13. The van der Waals surface area contributed by atoms with Crippen molar-refractivity contribution < 1.29 is 23.1 Å². The molecule has 0 aliphatic carbocycles. The molecule has 110 valence electrons. The van der Waals surface area contributed by atoms with Gasteiger partial charge >= 0.3 is 12.3 Å². The van der Waals surface area contributed by atoms with Crippen molar-refractivity contribution in [2.24, 2.45) is 0 Å². The minimum atomic E-state index is -4.47. The van der Waals surface area contributed by atoms with Gasteiger partial charge in [0.05, 0.1) is 16.6 Å². The van der Waals surface area contributed by atoms with Crippen LogP contribution in [0.2, 0.25) is 0 Å². The summed E-state index contributed by atoms with van der Waals surface area (Å²) in [6.07, 6.45) is -4.79. The van der Waals surface area contributed by atoms with Crippen molar-refractivity contribution >= 4 is 23.4 Å². The summed E-state index contributed by atoms with van der Waals surface area (Å²) in [6, 6.07) is 2.69. The third-order valence-corrected chi connectivity index (χ3v) is 3.89. The van der Waals surface area contributed by atoms with Crippen molar-refractivity contribution in [2.75, 3.05) is 4.90 Å². The van der Waals surface area contributed by atoms with E-state index in [1.165, 1.54) is 6.07 Å². The van der Waals surface area contributed by atoms with Crippen LogP contribution in [0.1, 0.15) is 36.3 Å². The molecule has 0 saturated heterocycles. The normalized spacial score (nSPS) is 22.6. The molecule has 1 N–H and O–H groups in total. The third kappa shape index (κ3) is 2.57. The number of rotatable bonds is 1. The Hall–Kier alpha value is -1.43. The maximum absolute atomic E-state index is 12.7. The predicted molar refractivity (Wildman–Crippen MR) is 69.2 cm³/mol. The Bertz CT molecular complexity index is 533. The number of carboxylic acid groups (broad SMARTS) is 1. The molecule has 7 heteroatoms. The molecule has 0 unspecified atom stereocenters. The van der Waals surface area contributed by atoms with Gasteiger partial charge in [-0.05, 0) is 36.6 Å². The van der Waals surface area contributed by atoms with Crippen molar-refractivity contribution in [2.45, 2.75) is 37.4 Å². The first-order chi connectivity index (χ1) is 9.25. The van der Waals surface area contributed by atoms with Crippen LogP contribution in [0, 0.1) is 0 Å². The molecule has 1 heterocycles. The third-order valence-electron chi connectivity index (χ3n) is 3.47. The molecule has 3 nitrogen and oxygen atoms in total. The van der Waals surface area contributed by atoms with E-state index in [4.69, 9.17) is 11.6 Å². The Kier molecular flexibility index (Phi) is 3.86. The van der Waals surface area contributed by atoms with Gasteiger partial charge in [-0.1, -0.05) is 6.92 Å². The monoisotopic (exact) mass is 307 g/mol. The van der Waals surface area contributed by atoms with Crippen molar-refractivity contribution in [3.63, 3.8) is 0 Å². The van der Waals surface area contributed by atoms with Gasteiger partial charge in [0.15, 0.2) is 0 Å². The average Bonchev–Trinajstić information content (AvgIpc) is 2.36. The summed E-state index contributed by atoms with van der Waals surface area (Å²) in [7, 11) is 0. The maximum Gasteiger partial charge on any atom is 0.416 e. The first-order valence-electron chi connectivity index (χ1n) is 6.13. The van der Waals surface area contributed by atoms with E-state index in [2.05, 4.69) is 0 Å². The number of halogens is 4. The van der Waals surface area contributed by atoms with Gasteiger partial charge in [0.25, 0.3) is 0 Å². The van der Waals surface area contributed by atoms with Crippen LogP contribution >= 0.6 is 11.6 Å². The molecular weight excluding hydrogens is 295 g/mol. The number of alkyl halides is 4. The lowest BCUT2D eigenvalue weighted by Crippen LogP contribution is -2.43. The average molecular weight is 308 g/mol. The quantitative estimate of drug-likeness (QED) is 0.767. The van der Waals surface area contributed by atoms with Crippen molar-refractivity contribution in [1.82, 2.24) is 0 Å². The van der Waals surface area contributed by atoms with Crippen molar-refractivity contribution in [1.29, 1.82) is 0 Å². The maximum atomic E-state index is 12.7. The van der Waals surface area contributed by atoms with Gasteiger partial charge < -0.3 is 5.11 Å². The molecule has 2 atom stereocenters. The van der Waals surface area contributed by atoms with Crippen LogP contribution in [0.3, 0.4) is 0 Å². The molecule has 1 aromatic carbocycles. The minimum Gasteiger partial charge on any atom is -0.465 e. The molecule has 0 saturated carbocycles. The van der Waals surface area contributed by atoms with E-state index in [1.54, 1.807) is 0 Å². The number of nitrogens with zero attached hydrogens (tertiary/aromatic N) is 1.